The van der Waals surface area contributed by atoms with Gasteiger partial charge in [-0.3, -0.25) is 4.55 Å². The van der Waals surface area contributed by atoms with Gasteiger partial charge >= 0.3 is 56.6 Å². The van der Waals surface area contributed by atoms with Crippen LogP contribution in [0.2, 0.25) is 0 Å². The average molecular weight is 462 g/mol. The van der Waals surface area contributed by atoms with Crippen molar-refractivity contribution in [3.05, 3.63) is 0 Å². The van der Waals surface area contributed by atoms with E-state index in [-0.39, 0.29) is 0 Å². The van der Waals surface area contributed by atoms with E-state index in [2.05, 4.69) is 0 Å². The van der Waals surface area contributed by atoms with Crippen molar-refractivity contribution in [3.8, 4) is 0 Å². The van der Waals surface area contributed by atoms with Crippen molar-refractivity contribution in [1.82, 2.24) is 0 Å². The number of halogens is 15. The molecular formula is C8HF15O3S. The molecule has 1 fully saturated rings. The largest absolute Gasteiger partial charge is 0.460 e. The minimum absolute atomic E-state index is 7.75. The van der Waals surface area contributed by atoms with Crippen LogP contribution in [-0.4, -0.2) is 59.4 Å². The van der Waals surface area contributed by atoms with Crippen LogP contribution in [0.3, 0.4) is 0 Å². The van der Waals surface area contributed by atoms with Gasteiger partial charge in [0, 0.05) is 0 Å². The van der Waals surface area contributed by atoms with E-state index < -0.39 is 56.6 Å². The summed E-state index contributed by atoms with van der Waals surface area (Å²) < 4.78 is 224. The van der Waals surface area contributed by atoms with Gasteiger partial charge in [0.25, 0.3) is 0 Å². The molecule has 0 aromatic rings. The molecule has 1 aliphatic rings. The van der Waals surface area contributed by atoms with Crippen LogP contribution >= 0.6 is 0 Å². The predicted molar refractivity (Wildman–Crippen MR) is 50.0 cm³/mol. The van der Waals surface area contributed by atoms with Crippen LogP contribution in [0.4, 0.5) is 65.9 Å². The lowest BCUT2D eigenvalue weighted by Gasteiger charge is -2.41. The monoisotopic (exact) mass is 462 g/mol. The van der Waals surface area contributed by atoms with Crippen molar-refractivity contribution in [2.75, 3.05) is 0 Å². The van der Waals surface area contributed by atoms with Crippen molar-refractivity contribution in [2.45, 2.75) is 46.5 Å². The zero-order valence-electron chi connectivity index (χ0n) is 11.3. The van der Waals surface area contributed by atoms with Gasteiger partial charge in [-0.15, -0.1) is 0 Å². The summed E-state index contributed by atoms with van der Waals surface area (Å²) in [6.07, 6.45) is -7.84. The lowest BCUT2D eigenvalue weighted by molar-refractivity contribution is -0.420. The Bertz CT molecular complexity index is 739. The quantitative estimate of drug-likeness (QED) is 0.510. The Balaban J connectivity index is 4.15. The SMILES string of the molecule is O=S(=O)(O)C1(F)C(F)(F)C(F)(F)C(F)(C(F)(F)C(F)(F)C(F)(F)F)C1(F)F. The number of hydrogen-bond donors (Lipinski definition) is 1. The molecule has 1 saturated carbocycles. The van der Waals surface area contributed by atoms with Gasteiger partial charge in [0.2, 0.25) is 0 Å². The highest BCUT2D eigenvalue weighted by molar-refractivity contribution is 7.87. The molecule has 162 valence electrons. The van der Waals surface area contributed by atoms with Crippen LogP contribution in [0.25, 0.3) is 0 Å². The van der Waals surface area contributed by atoms with Crippen LogP contribution in [0.1, 0.15) is 0 Å². The molecule has 27 heavy (non-hydrogen) atoms. The highest BCUT2D eigenvalue weighted by Gasteiger charge is 3.09. The van der Waals surface area contributed by atoms with Gasteiger partial charge in [0.05, 0.1) is 0 Å². The van der Waals surface area contributed by atoms with Crippen LogP contribution in [0.5, 0.6) is 0 Å². The van der Waals surface area contributed by atoms with Gasteiger partial charge < -0.3 is 0 Å². The summed E-state index contributed by atoms with van der Waals surface area (Å²) in [6, 6.07) is 0. The topological polar surface area (TPSA) is 54.4 Å². The Morgan fingerprint density at radius 1 is 0.630 bits per heavy atom. The van der Waals surface area contributed by atoms with Crippen LogP contribution in [-0.2, 0) is 10.1 Å². The summed E-state index contributed by atoms with van der Waals surface area (Å²) >= 11 is 0. The number of hydrogen-bond acceptors (Lipinski definition) is 2. The first-order valence-electron chi connectivity index (χ1n) is 5.55. The Morgan fingerprint density at radius 3 is 1.19 bits per heavy atom. The summed E-state index contributed by atoms with van der Waals surface area (Å²) in [5.74, 6) is -41.2. The Hall–Kier alpha value is -1.14. The van der Waals surface area contributed by atoms with Gasteiger partial charge in [0.15, 0.2) is 0 Å². The minimum Gasteiger partial charge on any atom is -0.283 e. The highest BCUT2D eigenvalue weighted by Crippen LogP contribution is 2.75. The molecule has 0 aromatic heterocycles. The van der Waals surface area contributed by atoms with E-state index in [1.807, 2.05) is 0 Å². The predicted octanol–water partition coefficient (Wildman–Crippen LogP) is 4.00. The molecule has 19 heteroatoms. The lowest BCUT2D eigenvalue weighted by Crippen LogP contribution is -2.73. The molecule has 0 amide bonds. The van der Waals surface area contributed by atoms with Crippen LogP contribution in [0, 0.1) is 0 Å². The highest BCUT2D eigenvalue weighted by atomic mass is 32.2. The van der Waals surface area contributed by atoms with Gasteiger partial charge in [-0.05, 0) is 0 Å². The second-order valence-corrected chi connectivity index (χ2v) is 6.61. The Morgan fingerprint density at radius 2 is 0.963 bits per heavy atom. The Kier molecular flexibility index (Phi) is 4.48. The normalized spacial score (nSPS) is 33.9. The molecule has 0 aromatic carbocycles. The molecule has 1 rings (SSSR count). The second-order valence-electron chi connectivity index (χ2n) is 5.10. The molecule has 0 spiro atoms. The molecule has 1 aliphatic carbocycles. The van der Waals surface area contributed by atoms with E-state index in [0.29, 0.717) is 0 Å². The molecule has 1 N–H and O–H groups in total. The summed E-state index contributed by atoms with van der Waals surface area (Å²) in [5, 5.41) is -7.75. The molecule has 0 bridgehead atoms. The van der Waals surface area contributed by atoms with E-state index in [1.165, 1.54) is 0 Å². The third kappa shape index (κ3) is 2.04. The molecule has 0 saturated heterocycles. The van der Waals surface area contributed by atoms with Crippen LogP contribution in [0.15, 0.2) is 0 Å². The fourth-order valence-electron chi connectivity index (χ4n) is 2.15. The first-order chi connectivity index (χ1) is 11.2. The molecule has 0 radical (unpaired) electrons. The molecule has 2 unspecified atom stereocenters. The average Bonchev–Trinajstić information content (AvgIpc) is 2.46. The van der Waals surface area contributed by atoms with Crippen molar-refractivity contribution in [1.29, 1.82) is 0 Å². The third-order valence-electron chi connectivity index (χ3n) is 3.61. The first kappa shape index (κ1) is 23.9. The number of alkyl halides is 15. The van der Waals surface area contributed by atoms with Crippen molar-refractivity contribution < 1.29 is 78.8 Å². The van der Waals surface area contributed by atoms with E-state index >= 15 is 0 Å². The maximum Gasteiger partial charge on any atom is 0.460 e. The van der Waals surface area contributed by atoms with E-state index in [4.69, 9.17) is 4.55 Å². The molecule has 0 heterocycles. The maximum atomic E-state index is 13.9. The minimum atomic E-state index is -8.58. The smallest absolute Gasteiger partial charge is 0.283 e. The third-order valence-corrected chi connectivity index (χ3v) is 4.83. The Labute approximate surface area is 136 Å². The molecule has 2 atom stereocenters. The fourth-order valence-corrected chi connectivity index (χ4v) is 3.06. The summed E-state index contributed by atoms with van der Waals surface area (Å²) in [5.41, 5.74) is -8.49. The first-order valence-corrected chi connectivity index (χ1v) is 6.99. The van der Waals surface area contributed by atoms with Gasteiger partial charge in [-0.1, -0.05) is 0 Å². The van der Waals surface area contributed by atoms with E-state index in [1.54, 1.807) is 0 Å². The van der Waals surface area contributed by atoms with Gasteiger partial charge in [-0.2, -0.15) is 65.5 Å². The zero-order chi connectivity index (χ0) is 22.5. The lowest BCUT2D eigenvalue weighted by atomic mass is 9.85. The molecule has 0 aliphatic heterocycles. The summed E-state index contributed by atoms with van der Waals surface area (Å²) in [6.45, 7) is 0. The van der Waals surface area contributed by atoms with Crippen molar-refractivity contribution in [3.63, 3.8) is 0 Å². The summed E-state index contributed by atoms with van der Waals surface area (Å²) in [4.78, 5) is 0. The number of rotatable bonds is 3. The fraction of sp³-hybridized carbons (Fsp3) is 1.00. The van der Waals surface area contributed by atoms with Crippen LogP contribution < -0.4 is 0 Å². The van der Waals surface area contributed by atoms with Gasteiger partial charge in [-0.25, -0.2) is 8.78 Å². The van der Waals surface area contributed by atoms with E-state index in [9.17, 15) is 74.3 Å². The zero-order valence-corrected chi connectivity index (χ0v) is 12.2. The maximum absolute atomic E-state index is 13.9. The molecular weight excluding hydrogens is 461 g/mol. The van der Waals surface area contributed by atoms with Crippen molar-refractivity contribution >= 4 is 10.1 Å². The summed E-state index contributed by atoms with van der Waals surface area (Å²) in [7, 11) is -8.05. The van der Waals surface area contributed by atoms with E-state index in [0.717, 1.165) is 0 Å². The molecule has 3 nitrogen and oxygen atoms in total. The van der Waals surface area contributed by atoms with Gasteiger partial charge in [0.1, 0.15) is 0 Å². The standard InChI is InChI=1S/C8HF15O3S/c9-1(3(12,13)6(18,19)8(21,22)23)2(10,11)5(16,17)7(20,4(1,14)15)27(24,25)26/h(H,24,25,26). The second kappa shape index (κ2) is 5.07. The van der Waals surface area contributed by atoms with Crippen molar-refractivity contribution in [2.24, 2.45) is 0 Å².